The molecule has 15 heavy (non-hydrogen) atoms. The maximum absolute atomic E-state index is 11.4. The van der Waals surface area contributed by atoms with Crippen molar-refractivity contribution in [1.82, 2.24) is 10.2 Å². The Labute approximate surface area is 88.8 Å². The van der Waals surface area contributed by atoms with Crippen LogP contribution in [-0.4, -0.2) is 41.6 Å². The molecule has 0 unspecified atom stereocenters. The molecule has 0 fully saturated rings. The van der Waals surface area contributed by atoms with Gasteiger partial charge in [0.05, 0.1) is 6.54 Å². The molecule has 0 spiro atoms. The van der Waals surface area contributed by atoms with E-state index >= 15 is 0 Å². The molecule has 0 bridgehead atoms. The first-order valence-electron chi connectivity index (χ1n) is 4.40. The lowest BCUT2D eigenvalue weighted by molar-refractivity contribution is -0.137. The number of carboxylic acid groups (broad SMARTS) is 1. The first-order valence-corrected chi connectivity index (χ1v) is 4.40. The van der Waals surface area contributed by atoms with Crippen LogP contribution in [0, 0.1) is 12.3 Å². The van der Waals surface area contributed by atoms with Crippen molar-refractivity contribution in [1.29, 1.82) is 0 Å². The Bertz CT molecular complexity index is 281. The van der Waals surface area contributed by atoms with Gasteiger partial charge in [-0.05, 0) is 6.42 Å². The fraction of sp³-hybridized carbons (Fsp3) is 0.400. The van der Waals surface area contributed by atoms with Gasteiger partial charge in [0.2, 0.25) is 0 Å². The van der Waals surface area contributed by atoms with Gasteiger partial charge >= 0.3 is 12.0 Å². The SMILES string of the molecule is C#CCN(CC(=O)O)C(=O)NCCC=C. The van der Waals surface area contributed by atoms with Crippen LogP contribution in [-0.2, 0) is 4.79 Å². The summed E-state index contributed by atoms with van der Waals surface area (Å²) >= 11 is 0. The third-order valence-corrected chi connectivity index (χ3v) is 1.52. The third kappa shape index (κ3) is 6.16. The minimum atomic E-state index is -1.09. The van der Waals surface area contributed by atoms with E-state index in [4.69, 9.17) is 11.5 Å². The molecule has 0 heterocycles. The normalized spacial score (nSPS) is 8.73. The van der Waals surface area contributed by atoms with Crippen LogP contribution >= 0.6 is 0 Å². The van der Waals surface area contributed by atoms with Crippen LogP contribution in [0.15, 0.2) is 12.7 Å². The number of aliphatic carboxylic acids is 1. The lowest BCUT2D eigenvalue weighted by atomic mass is 10.4. The lowest BCUT2D eigenvalue weighted by Crippen LogP contribution is -2.43. The molecule has 5 nitrogen and oxygen atoms in total. The molecule has 2 amide bonds. The van der Waals surface area contributed by atoms with Crippen LogP contribution in [0.3, 0.4) is 0 Å². The van der Waals surface area contributed by atoms with Crippen molar-refractivity contribution < 1.29 is 14.7 Å². The maximum Gasteiger partial charge on any atom is 0.323 e. The molecular formula is C10H14N2O3. The topological polar surface area (TPSA) is 69.6 Å². The molecule has 0 aliphatic heterocycles. The van der Waals surface area contributed by atoms with Crippen LogP contribution in [0.4, 0.5) is 4.79 Å². The van der Waals surface area contributed by atoms with E-state index in [1.165, 1.54) is 0 Å². The molecular weight excluding hydrogens is 196 g/mol. The molecule has 0 rings (SSSR count). The van der Waals surface area contributed by atoms with Crippen molar-refractivity contribution in [2.45, 2.75) is 6.42 Å². The zero-order valence-corrected chi connectivity index (χ0v) is 8.40. The number of nitrogens with zero attached hydrogens (tertiary/aromatic N) is 1. The van der Waals surface area contributed by atoms with Gasteiger partial charge in [0, 0.05) is 6.54 Å². The molecule has 82 valence electrons. The molecule has 0 aliphatic carbocycles. The van der Waals surface area contributed by atoms with Gasteiger partial charge in [-0.15, -0.1) is 13.0 Å². The van der Waals surface area contributed by atoms with Crippen molar-refractivity contribution in [2.24, 2.45) is 0 Å². The number of urea groups is 1. The number of hydrogen-bond donors (Lipinski definition) is 2. The van der Waals surface area contributed by atoms with Gasteiger partial charge in [0.1, 0.15) is 6.54 Å². The van der Waals surface area contributed by atoms with Crippen LogP contribution in [0.1, 0.15) is 6.42 Å². The van der Waals surface area contributed by atoms with Gasteiger partial charge in [-0.2, -0.15) is 0 Å². The summed E-state index contributed by atoms with van der Waals surface area (Å²) < 4.78 is 0. The number of amides is 2. The number of hydrogen-bond acceptors (Lipinski definition) is 2. The molecule has 0 aromatic carbocycles. The molecule has 5 heteroatoms. The number of carbonyl (C=O) groups excluding carboxylic acids is 1. The Kier molecular flexibility index (Phi) is 6.47. The number of carbonyl (C=O) groups is 2. The molecule has 0 radical (unpaired) electrons. The number of rotatable bonds is 6. The van der Waals surface area contributed by atoms with Gasteiger partial charge in [-0.1, -0.05) is 12.0 Å². The summed E-state index contributed by atoms with van der Waals surface area (Å²) in [5.74, 6) is 1.13. The summed E-state index contributed by atoms with van der Waals surface area (Å²) in [7, 11) is 0. The monoisotopic (exact) mass is 210 g/mol. The Balaban J connectivity index is 4.10. The molecule has 0 aliphatic rings. The minimum Gasteiger partial charge on any atom is -0.480 e. The Morgan fingerprint density at radius 1 is 1.60 bits per heavy atom. The summed E-state index contributed by atoms with van der Waals surface area (Å²) in [6.07, 6.45) is 7.30. The van der Waals surface area contributed by atoms with E-state index < -0.39 is 18.5 Å². The average molecular weight is 210 g/mol. The fourth-order valence-corrected chi connectivity index (χ4v) is 0.866. The lowest BCUT2D eigenvalue weighted by Gasteiger charge is -2.18. The average Bonchev–Trinajstić information content (AvgIpc) is 2.17. The predicted octanol–water partition coefficient (Wildman–Crippen LogP) is 0.292. The van der Waals surface area contributed by atoms with Crippen molar-refractivity contribution >= 4 is 12.0 Å². The largest absolute Gasteiger partial charge is 0.480 e. The molecule has 0 saturated heterocycles. The second kappa shape index (κ2) is 7.44. The number of terminal acetylenes is 1. The van der Waals surface area contributed by atoms with Gasteiger partial charge in [0.15, 0.2) is 0 Å². The van der Waals surface area contributed by atoms with Crippen molar-refractivity contribution in [3.8, 4) is 12.3 Å². The highest BCUT2D eigenvalue weighted by Gasteiger charge is 2.14. The highest BCUT2D eigenvalue weighted by atomic mass is 16.4. The highest BCUT2D eigenvalue weighted by molar-refractivity contribution is 5.80. The van der Waals surface area contributed by atoms with Crippen LogP contribution < -0.4 is 5.32 Å². The summed E-state index contributed by atoms with van der Waals surface area (Å²) in [6, 6.07) is -0.475. The van der Waals surface area contributed by atoms with Crippen LogP contribution in [0.25, 0.3) is 0 Å². The van der Waals surface area contributed by atoms with E-state index in [2.05, 4.69) is 17.8 Å². The molecule has 0 atom stereocenters. The molecule has 0 aromatic heterocycles. The first kappa shape index (κ1) is 13.0. The third-order valence-electron chi connectivity index (χ3n) is 1.52. The minimum absolute atomic E-state index is 0.0216. The van der Waals surface area contributed by atoms with E-state index in [1.54, 1.807) is 6.08 Å². The Hall–Kier alpha value is -1.96. The van der Waals surface area contributed by atoms with E-state index in [0.29, 0.717) is 13.0 Å². The van der Waals surface area contributed by atoms with Crippen LogP contribution in [0.5, 0.6) is 0 Å². The van der Waals surface area contributed by atoms with E-state index in [-0.39, 0.29) is 6.54 Å². The zero-order valence-electron chi connectivity index (χ0n) is 8.40. The number of carboxylic acids is 1. The Morgan fingerprint density at radius 2 is 2.27 bits per heavy atom. The number of nitrogens with one attached hydrogen (secondary N) is 1. The molecule has 2 N–H and O–H groups in total. The van der Waals surface area contributed by atoms with Gasteiger partial charge in [-0.3, -0.25) is 4.79 Å². The van der Waals surface area contributed by atoms with Crippen LogP contribution in [0.2, 0.25) is 0 Å². The first-order chi connectivity index (χ1) is 7.11. The highest BCUT2D eigenvalue weighted by Crippen LogP contribution is 1.89. The summed E-state index contributed by atoms with van der Waals surface area (Å²) in [5, 5.41) is 11.1. The van der Waals surface area contributed by atoms with Gasteiger partial charge in [0.25, 0.3) is 0 Å². The molecule has 0 saturated carbocycles. The van der Waals surface area contributed by atoms with E-state index in [0.717, 1.165) is 4.90 Å². The smallest absolute Gasteiger partial charge is 0.323 e. The zero-order chi connectivity index (χ0) is 11.7. The van der Waals surface area contributed by atoms with Crippen molar-refractivity contribution in [2.75, 3.05) is 19.6 Å². The second-order valence-corrected chi connectivity index (χ2v) is 2.76. The van der Waals surface area contributed by atoms with E-state index in [9.17, 15) is 9.59 Å². The summed E-state index contributed by atoms with van der Waals surface area (Å²) in [4.78, 5) is 22.8. The van der Waals surface area contributed by atoms with Gasteiger partial charge < -0.3 is 15.3 Å². The second-order valence-electron chi connectivity index (χ2n) is 2.76. The summed E-state index contributed by atoms with van der Waals surface area (Å²) in [6.45, 7) is 3.50. The molecule has 0 aromatic rings. The predicted molar refractivity (Wildman–Crippen MR) is 56.3 cm³/mol. The maximum atomic E-state index is 11.4. The van der Waals surface area contributed by atoms with E-state index in [1.807, 2.05) is 0 Å². The fourth-order valence-electron chi connectivity index (χ4n) is 0.866. The van der Waals surface area contributed by atoms with Crippen molar-refractivity contribution in [3.63, 3.8) is 0 Å². The quantitative estimate of drug-likeness (QED) is 0.376. The standard InChI is InChI=1S/C10H14N2O3/c1-3-5-6-11-10(15)12(7-4-2)8-9(13)14/h2-3H,1,5-8H2,(H,11,15)(H,13,14). The Morgan fingerprint density at radius 3 is 2.73 bits per heavy atom. The van der Waals surface area contributed by atoms with Gasteiger partial charge in [-0.25, -0.2) is 4.79 Å². The van der Waals surface area contributed by atoms with Crippen molar-refractivity contribution in [3.05, 3.63) is 12.7 Å². The summed E-state index contributed by atoms with van der Waals surface area (Å²) in [5.41, 5.74) is 0.